The Bertz CT molecular complexity index is 2300. The Labute approximate surface area is 335 Å². The van der Waals surface area contributed by atoms with Crippen molar-refractivity contribution in [3.63, 3.8) is 0 Å². The van der Waals surface area contributed by atoms with Crippen LogP contribution in [0.2, 0.25) is 0 Å². The van der Waals surface area contributed by atoms with E-state index in [-0.39, 0.29) is 0 Å². The lowest BCUT2D eigenvalue weighted by Crippen LogP contribution is -2.42. The summed E-state index contributed by atoms with van der Waals surface area (Å²) in [4.78, 5) is 19.6. The summed E-state index contributed by atoms with van der Waals surface area (Å²) in [6.45, 7) is 20.8. The van der Waals surface area contributed by atoms with Crippen LogP contribution in [-0.4, -0.2) is 76.0 Å². The number of nitrogens with one attached hydrogen (secondary N) is 1. The molecule has 0 radical (unpaired) electrons. The molecule has 0 fully saturated rings. The number of fused-ring (bicyclic) bond motifs is 3. The standard InChI is InChI=1S/C43H47N9O.C3H7N/c1-4-24-50-38-21-13-10-18-35(38)45-41(50)29-48(30-42-46-36-19-11-14-22-39(36)51(42)25-5-2)27-34(53)28-49(32-44-33-16-8-7-9-17-33)31-43-47-37-20-12-15-23-40(37)52(43)26-6-3;1-2-3-4/h4-23,34,44,53H,1-3,24-32H2;2H,1,3-4H2. The molecule has 0 spiro atoms. The first-order valence-electron chi connectivity index (χ1n) is 19.3. The first-order valence-corrected chi connectivity index (χ1v) is 19.3. The van der Waals surface area contributed by atoms with E-state index >= 15 is 0 Å². The molecule has 11 heteroatoms. The van der Waals surface area contributed by atoms with Crippen molar-refractivity contribution in [3.8, 4) is 0 Å². The van der Waals surface area contributed by atoms with E-state index in [1.165, 1.54) is 0 Å². The van der Waals surface area contributed by atoms with Crippen molar-refractivity contribution in [2.75, 3.05) is 31.6 Å². The second-order valence-electron chi connectivity index (χ2n) is 13.8. The van der Waals surface area contributed by atoms with Gasteiger partial charge in [0.2, 0.25) is 0 Å². The molecule has 0 amide bonds. The molecule has 3 heterocycles. The van der Waals surface area contributed by atoms with E-state index in [0.717, 1.165) is 56.3 Å². The molecule has 0 aliphatic heterocycles. The lowest BCUT2D eigenvalue weighted by Gasteiger charge is -2.29. The number of imidazole rings is 3. The highest BCUT2D eigenvalue weighted by atomic mass is 16.3. The van der Waals surface area contributed by atoms with Gasteiger partial charge in [0.05, 0.1) is 65.5 Å². The van der Waals surface area contributed by atoms with Crippen LogP contribution in [-0.2, 0) is 39.3 Å². The second-order valence-corrected chi connectivity index (χ2v) is 13.8. The molecule has 3 aromatic heterocycles. The van der Waals surface area contributed by atoms with Crippen LogP contribution >= 0.6 is 0 Å². The van der Waals surface area contributed by atoms with E-state index in [1.807, 2.05) is 103 Å². The number of hydrogen-bond donors (Lipinski definition) is 3. The molecule has 294 valence electrons. The number of para-hydroxylation sites is 7. The molecule has 1 unspecified atom stereocenters. The van der Waals surface area contributed by atoms with Crippen LogP contribution in [0.15, 0.2) is 154 Å². The Balaban J connectivity index is 0.00000131. The lowest BCUT2D eigenvalue weighted by molar-refractivity contribution is 0.0647. The summed E-state index contributed by atoms with van der Waals surface area (Å²) in [6, 6.07) is 34.7. The number of nitrogens with zero attached hydrogens (tertiary/aromatic N) is 8. The molecule has 1 atom stereocenters. The van der Waals surface area contributed by atoms with Crippen molar-refractivity contribution in [2.24, 2.45) is 5.73 Å². The van der Waals surface area contributed by atoms with Crippen molar-refractivity contribution in [1.82, 2.24) is 38.5 Å². The Hall–Kier alpha value is -6.11. The van der Waals surface area contributed by atoms with Crippen molar-refractivity contribution < 1.29 is 5.11 Å². The molecular formula is C46H54N10O. The minimum atomic E-state index is -0.709. The normalized spacial score (nSPS) is 11.9. The minimum absolute atomic E-state index is 0.388. The molecular weight excluding hydrogens is 709 g/mol. The lowest BCUT2D eigenvalue weighted by atomic mass is 10.2. The highest BCUT2D eigenvalue weighted by molar-refractivity contribution is 5.77. The van der Waals surface area contributed by atoms with Gasteiger partial charge in [-0.1, -0.05) is 78.9 Å². The molecule has 0 bridgehead atoms. The Morgan fingerprint density at radius 2 is 0.930 bits per heavy atom. The molecule has 7 aromatic rings. The average molecular weight is 763 g/mol. The van der Waals surface area contributed by atoms with E-state index in [9.17, 15) is 5.11 Å². The van der Waals surface area contributed by atoms with E-state index in [2.05, 4.69) is 73.3 Å². The molecule has 0 aliphatic carbocycles. The van der Waals surface area contributed by atoms with Gasteiger partial charge in [-0.25, -0.2) is 15.0 Å². The van der Waals surface area contributed by atoms with Crippen molar-refractivity contribution in [1.29, 1.82) is 0 Å². The topological polar surface area (TPSA) is 118 Å². The van der Waals surface area contributed by atoms with Crippen molar-refractivity contribution in [2.45, 2.75) is 45.4 Å². The number of aliphatic hydroxyl groups excluding tert-OH is 1. The number of allylic oxidation sites excluding steroid dienone is 3. The number of aliphatic hydroxyl groups is 1. The smallest absolute Gasteiger partial charge is 0.124 e. The molecule has 0 aliphatic rings. The maximum Gasteiger partial charge on any atom is 0.124 e. The van der Waals surface area contributed by atoms with E-state index < -0.39 is 6.10 Å². The van der Waals surface area contributed by atoms with Gasteiger partial charge >= 0.3 is 0 Å². The van der Waals surface area contributed by atoms with Gasteiger partial charge in [-0.3, -0.25) is 9.80 Å². The minimum Gasteiger partial charge on any atom is -0.390 e. The summed E-state index contributed by atoms with van der Waals surface area (Å²) in [7, 11) is 0. The highest BCUT2D eigenvalue weighted by Crippen LogP contribution is 2.23. The fraction of sp³-hybridized carbons (Fsp3) is 0.239. The molecule has 4 aromatic carbocycles. The SMILES string of the molecule is C=CCN.C=CCn1c(CN(CNc2ccccc2)CC(O)CN(Cc2nc3ccccc3n2CC=C)Cc2nc3ccccc3n2CC=C)nc2ccccc21. The summed E-state index contributed by atoms with van der Waals surface area (Å²) < 4.78 is 6.61. The number of aromatic nitrogens is 6. The third kappa shape index (κ3) is 10.2. The maximum absolute atomic E-state index is 12.0. The molecule has 57 heavy (non-hydrogen) atoms. The van der Waals surface area contributed by atoms with Gasteiger partial charge in [-0.05, 0) is 48.5 Å². The predicted molar refractivity (Wildman–Crippen MR) is 235 cm³/mol. The third-order valence-corrected chi connectivity index (χ3v) is 9.62. The summed E-state index contributed by atoms with van der Waals surface area (Å²) >= 11 is 0. The summed E-state index contributed by atoms with van der Waals surface area (Å²) in [5.74, 6) is 2.73. The second kappa shape index (κ2) is 20.2. The van der Waals surface area contributed by atoms with Gasteiger partial charge in [0.15, 0.2) is 0 Å². The highest BCUT2D eigenvalue weighted by Gasteiger charge is 2.23. The molecule has 0 saturated heterocycles. The van der Waals surface area contributed by atoms with Gasteiger partial charge in [0.1, 0.15) is 17.5 Å². The van der Waals surface area contributed by atoms with Crippen LogP contribution in [0, 0.1) is 0 Å². The van der Waals surface area contributed by atoms with Gasteiger partial charge in [0.25, 0.3) is 0 Å². The van der Waals surface area contributed by atoms with Gasteiger partial charge < -0.3 is 29.9 Å². The first kappa shape index (κ1) is 40.6. The van der Waals surface area contributed by atoms with Gasteiger partial charge in [-0.15, -0.1) is 26.3 Å². The van der Waals surface area contributed by atoms with Gasteiger partial charge in [-0.2, -0.15) is 0 Å². The maximum atomic E-state index is 12.0. The Morgan fingerprint density at radius 3 is 1.33 bits per heavy atom. The molecule has 7 rings (SSSR count). The Morgan fingerprint density at radius 1 is 0.561 bits per heavy atom. The van der Waals surface area contributed by atoms with Crippen LogP contribution in [0.5, 0.6) is 0 Å². The number of anilines is 1. The average Bonchev–Trinajstić information content (AvgIpc) is 3.88. The predicted octanol–water partition coefficient (Wildman–Crippen LogP) is 7.36. The molecule has 4 N–H and O–H groups in total. The summed E-state index contributed by atoms with van der Waals surface area (Å²) in [6.07, 6.45) is 6.64. The zero-order chi connectivity index (χ0) is 40.0. The quantitative estimate of drug-likeness (QED) is 0.0545. The third-order valence-electron chi connectivity index (χ3n) is 9.62. The number of hydrogen-bond acceptors (Lipinski definition) is 8. The van der Waals surface area contributed by atoms with Crippen LogP contribution in [0.1, 0.15) is 17.5 Å². The fourth-order valence-electron chi connectivity index (χ4n) is 7.12. The van der Waals surface area contributed by atoms with Crippen LogP contribution in [0.4, 0.5) is 5.69 Å². The molecule has 11 nitrogen and oxygen atoms in total. The Kier molecular flexibility index (Phi) is 14.3. The van der Waals surface area contributed by atoms with E-state index in [4.69, 9.17) is 20.7 Å². The number of benzene rings is 4. The van der Waals surface area contributed by atoms with Crippen LogP contribution in [0.25, 0.3) is 33.1 Å². The molecule has 0 saturated carbocycles. The summed E-state index contributed by atoms with van der Waals surface area (Å²) in [5, 5.41) is 15.6. The van der Waals surface area contributed by atoms with E-state index in [0.29, 0.717) is 65.6 Å². The van der Waals surface area contributed by atoms with Crippen molar-refractivity contribution >= 4 is 38.8 Å². The first-order chi connectivity index (χ1) is 28.0. The zero-order valence-electron chi connectivity index (χ0n) is 32.7. The number of rotatable bonds is 20. The largest absolute Gasteiger partial charge is 0.390 e. The summed E-state index contributed by atoms with van der Waals surface area (Å²) in [5.41, 5.74) is 11.9. The van der Waals surface area contributed by atoms with Crippen LogP contribution in [0.3, 0.4) is 0 Å². The van der Waals surface area contributed by atoms with Crippen molar-refractivity contribution in [3.05, 3.63) is 171 Å². The monoisotopic (exact) mass is 762 g/mol. The fourth-order valence-corrected chi connectivity index (χ4v) is 7.12. The van der Waals surface area contributed by atoms with Gasteiger partial charge in [0, 0.05) is 45.0 Å². The van der Waals surface area contributed by atoms with Crippen LogP contribution < -0.4 is 11.1 Å². The number of nitrogens with two attached hydrogens (primary N) is 1. The zero-order valence-corrected chi connectivity index (χ0v) is 32.7. The van der Waals surface area contributed by atoms with E-state index in [1.54, 1.807) is 6.08 Å².